The van der Waals surface area contributed by atoms with E-state index < -0.39 is 0 Å². The highest BCUT2D eigenvalue weighted by Crippen LogP contribution is 2.21. The fraction of sp³-hybridized carbons (Fsp3) is 0.929. The Morgan fingerprint density at radius 2 is 1.88 bits per heavy atom. The van der Waals surface area contributed by atoms with Gasteiger partial charge < -0.3 is 10.2 Å². The molecule has 98 valence electrons. The van der Waals surface area contributed by atoms with Crippen molar-refractivity contribution in [2.24, 2.45) is 5.41 Å². The maximum atomic E-state index is 8.88. The molecule has 3 nitrogen and oxygen atoms in total. The maximum Gasteiger partial charge on any atom is 0.0683 e. The summed E-state index contributed by atoms with van der Waals surface area (Å²) in [6.07, 6.45) is 6.10. The summed E-state index contributed by atoms with van der Waals surface area (Å²) in [6.45, 7) is 10.0. The van der Waals surface area contributed by atoms with Gasteiger partial charge in [0.2, 0.25) is 0 Å². The molecule has 0 amide bonds. The summed E-state index contributed by atoms with van der Waals surface area (Å²) in [5.41, 5.74) is -0.143. The number of nitriles is 1. The van der Waals surface area contributed by atoms with E-state index in [-0.39, 0.29) is 5.41 Å². The normalized spacial score (nSPS) is 17.2. The third-order valence-electron chi connectivity index (χ3n) is 3.51. The highest BCUT2D eigenvalue weighted by atomic mass is 15.1. The molecule has 0 spiro atoms. The van der Waals surface area contributed by atoms with Crippen molar-refractivity contribution in [1.29, 1.82) is 5.26 Å². The Morgan fingerprint density at radius 1 is 1.18 bits per heavy atom. The molecule has 0 bridgehead atoms. The van der Waals surface area contributed by atoms with Gasteiger partial charge in [-0.1, -0.05) is 6.42 Å². The molecule has 17 heavy (non-hydrogen) atoms. The van der Waals surface area contributed by atoms with Crippen molar-refractivity contribution in [3.05, 3.63) is 0 Å². The van der Waals surface area contributed by atoms with Crippen molar-refractivity contribution in [3.8, 4) is 6.07 Å². The Hall–Kier alpha value is -0.590. The number of unbranched alkanes of at least 4 members (excludes halogenated alkanes) is 1. The molecule has 1 fully saturated rings. The summed E-state index contributed by atoms with van der Waals surface area (Å²) in [6, 6.07) is 2.35. The quantitative estimate of drug-likeness (QED) is 0.659. The van der Waals surface area contributed by atoms with Gasteiger partial charge in [0.1, 0.15) is 0 Å². The lowest BCUT2D eigenvalue weighted by Crippen LogP contribution is -2.30. The molecule has 0 radical (unpaired) electrons. The van der Waals surface area contributed by atoms with Crippen molar-refractivity contribution >= 4 is 0 Å². The van der Waals surface area contributed by atoms with Crippen molar-refractivity contribution < 1.29 is 0 Å². The van der Waals surface area contributed by atoms with E-state index in [2.05, 4.69) is 16.3 Å². The van der Waals surface area contributed by atoms with Crippen molar-refractivity contribution in [3.63, 3.8) is 0 Å². The molecule has 3 heteroatoms. The Kier molecular flexibility index (Phi) is 6.54. The van der Waals surface area contributed by atoms with Crippen LogP contribution in [0.3, 0.4) is 0 Å². The molecule has 0 aromatic heterocycles. The zero-order chi connectivity index (χ0) is 12.6. The van der Waals surface area contributed by atoms with E-state index in [1.165, 1.54) is 38.9 Å². The fourth-order valence-corrected chi connectivity index (χ4v) is 2.24. The van der Waals surface area contributed by atoms with Gasteiger partial charge in [0, 0.05) is 13.1 Å². The molecule has 0 unspecified atom stereocenters. The smallest absolute Gasteiger partial charge is 0.0683 e. The molecule has 1 N–H and O–H groups in total. The number of likely N-dealkylation sites (tertiary alicyclic amines) is 1. The summed E-state index contributed by atoms with van der Waals surface area (Å²) in [5.74, 6) is 0. The zero-order valence-corrected chi connectivity index (χ0v) is 11.5. The topological polar surface area (TPSA) is 39.1 Å². The van der Waals surface area contributed by atoms with Crippen LogP contribution in [-0.4, -0.2) is 37.6 Å². The first-order valence-electron chi connectivity index (χ1n) is 6.98. The molecule has 0 aromatic carbocycles. The first-order valence-corrected chi connectivity index (χ1v) is 6.98. The first kappa shape index (κ1) is 14.5. The zero-order valence-electron chi connectivity index (χ0n) is 11.5. The van der Waals surface area contributed by atoms with E-state index in [1.807, 2.05) is 13.8 Å². The lowest BCUT2D eigenvalue weighted by molar-refractivity contribution is 0.334. The van der Waals surface area contributed by atoms with Crippen LogP contribution in [0.4, 0.5) is 0 Å². The molecule has 1 rings (SSSR count). The molecule has 1 aliphatic rings. The lowest BCUT2D eigenvalue weighted by Gasteiger charge is -2.16. The van der Waals surface area contributed by atoms with Gasteiger partial charge in [-0.15, -0.1) is 0 Å². The first-order chi connectivity index (χ1) is 8.14. The molecule has 0 aliphatic carbocycles. The average molecular weight is 237 g/mol. The van der Waals surface area contributed by atoms with Crippen molar-refractivity contribution in [1.82, 2.24) is 10.2 Å². The van der Waals surface area contributed by atoms with Crippen LogP contribution in [-0.2, 0) is 0 Å². The van der Waals surface area contributed by atoms with Gasteiger partial charge in [-0.2, -0.15) is 5.26 Å². The number of hydrogen-bond acceptors (Lipinski definition) is 3. The van der Waals surface area contributed by atoms with Crippen LogP contribution in [0.1, 0.15) is 46.0 Å². The van der Waals surface area contributed by atoms with Gasteiger partial charge in [-0.25, -0.2) is 0 Å². The van der Waals surface area contributed by atoms with Gasteiger partial charge >= 0.3 is 0 Å². The molecular formula is C14H27N3. The second-order valence-corrected chi connectivity index (χ2v) is 5.75. The highest BCUT2D eigenvalue weighted by molar-refractivity contribution is 4.91. The van der Waals surface area contributed by atoms with Gasteiger partial charge in [0.15, 0.2) is 0 Å². The number of rotatable bonds is 8. The average Bonchev–Trinajstić information content (AvgIpc) is 2.81. The second kappa shape index (κ2) is 7.68. The standard InChI is InChI=1S/C14H27N3/c1-14(2,13-15)7-3-4-8-16-9-12-17-10-5-6-11-17/h16H,3-12H2,1-2H3. The Bertz CT molecular complexity index is 236. The Morgan fingerprint density at radius 3 is 2.53 bits per heavy atom. The van der Waals surface area contributed by atoms with Gasteiger partial charge in [0.25, 0.3) is 0 Å². The molecule has 1 aliphatic heterocycles. The number of nitrogens with one attached hydrogen (secondary N) is 1. The van der Waals surface area contributed by atoms with Crippen LogP contribution in [0.15, 0.2) is 0 Å². The van der Waals surface area contributed by atoms with Crippen LogP contribution in [0, 0.1) is 16.7 Å². The molecule has 0 saturated carbocycles. The second-order valence-electron chi connectivity index (χ2n) is 5.75. The van der Waals surface area contributed by atoms with E-state index in [0.717, 1.165) is 25.9 Å². The van der Waals surface area contributed by atoms with E-state index in [1.54, 1.807) is 0 Å². The van der Waals surface area contributed by atoms with E-state index in [0.29, 0.717) is 0 Å². The van der Waals surface area contributed by atoms with Crippen molar-refractivity contribution in [2.75, 3.05) is 32.7 Å². The highest BCUT2D eigenvalue weighted by Gasteiger charge is 2.15. The summed E-state index contributed by atoms with van der Waals surface area (Å²) >= 11 is 0. The SMILES string of the molecule is CC(C)(C#N)CCCCNCCN1CCCC1. The molecule has 1 saturated heterocycles. The summed E-state index contributed by atoms with van der Waals surface area (Å²) in [5, 5.41) is 12.4. The Labute approximate surface area is 106 Å². The Balaban J connectivity index is 1.86. The molecular weight excluding hydrogens is 210 g/mol. The third kappa shape index (κ3) is 6.65. The minimum absolute atomic E-state index is 0.143. The monoisotopic (exact) mass is 237 g/mol. The van der Waals surface area contributed by atoms with E-state index >= 15 is 0 Å². The number of nitrogens with zero attached hydrogens (tertiary/aromatic N) is 2. The largest absolute Gasteiger partial charge is 0.315 e. The minimum atomic E-state index is -0.143. The lowest BCUT2D eigenvalue weighted by atomic mass is 9.89. The predicted octanol–water partition coefficient (Wildman–Crippen LogP) is 2.39. The van der Waals surface area contributed by atoms with Gasteiger partial charge in [0.05, 0.1) is 11.5 Å². The van der Waals surface area contributed by atoms with E-state index in [9.17, 15) is 0 Å². The maximum absolute atomic E-state index is 8.88. The van der Waals surface area contributed by atoms with Crippen molar-refractivity contribution in [2.45, 2.75) is 46.0 Å². The van der Waals surface area contributed by atoms with Crippen LogP contribution in [0.25, 0.3) is 0 Å². The van der Waals surface area contributed by atoms with Crippen LogP contribution in [0.2, 0.25) is 0 Å². The fourth-order valence-electron chi connectivity index (χ4n) is 2.24. The molecule has 0 aromatic rings. The predicted molar refractivity (Wildman–Crippen MR) is 71.8 cm³/mol. The molecule has 1 heterocycles. The summed E-state index contributed by atoms with van der Waals surface area (Å²) < 4.78 is 0. The third-order valence-corrected chi connectivity index (χ3v) is 3.51. The number of hydrogen-bond donors (Lipinski definition) is 1. The van der Waals surface area contributed by atoms with Crippen LogP contribution in [0.5, 0.6) is 0 Å². The summed E-state index contributed by atoms with van der Waals surface area (Å²) in [7, 11) is 0. The van der Waals surface area contributed by atoms with Crippen LogP contribution >= 0.6 is 0 Å². The summed E-state index contributed by atoms with van der Waals surface area (Å²) in [4.78, 5) is 2.53. The van der Waals surface area contributed by atoms with Crippen LogP contribution < -0.4 is 5.32 Å². The van der Waals surface area contributed by atoms with E-state index in [4.69, 9.17) is 5.26 Å². The van der Waals surface area contributed by atoms with Gasteiger partial charge in [-0.05, 0) is 59.2 Å². The minimum Gasteiger partial charge on any atom is -0.315 e. The van der Waals surface area contributed by atoms with Gasteiger partial charge in [-0.3, -0.25) is 0 Å². The molecule has 0 atom stereocenters.